The van der Waals surface area contributed by atoms with Crippen molar-refractivity contribution in [2.75, 3.05) is 7.11 Å². The average molecular weight is 411 g/mol. The molecular formula is C26H34O4. The number of rotatable bonds is 7. The number of benzene rings is 1. The first-order valence-corrected chi connectivity index (χ1v) is 10.7. The first-order chi connectivity index (χ1) is 14.1. The van der Waals surface area contributed by atoms with E-state index in [9.17, 15) is 14.7 Å². The number of ether oxygens (including phenoxy) is 1. The lowest BCUT2D eigenvalue weighted by Gasteiger charge is -2.37. The minimum Gasteiger partial charge on any atom is -0.507 e. The summed E-state index contributed by atoms with van der Waals surface area (Å²) in [5.74, 6) is -0.619. The zero-order chi connectivity index (χ0) is 22.7. The van der Waals surface area contributed by atoms with Crippen molar-refractivity contribution in [3.05, 3.63) is 64.1 Å². The summed E-state index contributed by atoms with van der Waals surface area (Å²) >= 11 is 0. The maximum Gasteiger partial charge on any atom is 0.193 e. The van der Waals surface area contributed by atoms with Gasteiger partial charge < -0.3 is 9.84 Å². The molecule has 4 heteroatoms. The van der Waals surface area contributed by atoms with Crippen LogP contribution < -0.4 is 0 Å². The van der Waals surface area contributed by atoms with Gasteiger partial charge in [0, 0.05) is 5.57 Å². The molecule has 0 spiro atoms. The Bertz CT molecular complexity index is 901. The molecule has 0 aliphatic heterocycles. The topological polar surface area (TPSA) is 63.6 Å². The van der Waals surface area contributed by atoms with Crippen LogP contribution in [0.4, 0.5) is 0 Å². The van der Waals surface area contributed by atoms with Crippen LogP contribution in [0.5, 0.6) is 0 Å². The second kappa shape index (κ2) is 9.03. The van der Waals surface area contributed by atoms with Crippen LogP contribution in [0.15, 0.2) is 53.0 Å². The van der Waals surface area contributed by atoms with Gasteiger partial charge in [-0.05, 0) is 41.9 Å². The predicted octanol–water partition coefficient (Wildman–Crippen LogP) is 6.08. The Morgan fingerprint density at radius 1 is 1.10 bits per heavy atom. The van der Waals surface area contributed by atoms with Crippen molar-refractivity contribution >= 4 is 17.6 Å². The molecule has 1 N–H and O–H groups in total. The molecule has 1 aliphatic rings. The minimum atomic E-state index is -0.917. The van der Waals surface area contributed by atoms with Gasteiger partial charge in [-0.15, -0.1) is 0 Å². The fraction of sp³-hybridized carbons (Fsp3) is 0.462. The van der Waals surface area contributed by atoms with Crippen LogP contribution in [0.2, 0.25) is 0 Å². The molecular weight excluding hydrogens is 376 g/mol. The molecule has 1 aliphatic carbocycles. The zero-order valence-electron chi connectivity index (χ0n) is 19.3. The number of allylic oxidation sites excluding steroid dienone is 4. The first kappa shape index (κ1) is 23.7. The Balaban J connectivity index is 2.46. The van der Waals surface area contributed by atoms with Gasteiger partial charge in [0.15, 0.2) is 11.6 Å². The molecule has 0 saturated heterocycles. The third-order valence-electron chi connectivity index (χ3n) is 6.11. The summed E-state index contributed by atoms with van der Waals surface area (Å²) in [6.45, 7) is 12.1. The summed E-state index contributed by atoms with van der Waals surface area (Å²) in [5.41, 5.74) is 1.59. The third-order valence-corrected chi connectivity index (χ3v) is 6.11. The third kappa shape index (κ3) is 4.14. The molecule has 0 heterocycles. The highest BCUT2D eigenvalue weighted by Crippen LogP contribution is 2.46. The van der Waals surface area contributed by atoms with Gasteiger partial charge in [-0.3, -0.25) is 9.59 Å². The highest BCUT2D eigenvalue weighted by molar-refractivity contribution is 6.28. The van der Waals surface area contributed by atoms with E-state index in [0.29, 0.717) is 30.6 Å². The number of hydrogen-bond donors (Lipinski definition) is 1. The van der Waals surface area contributed by atoms with E-state index in [4.69, 9.17) is 4.74 Å². The number of methoxy groups -OCH3 is 1. The van der Waals surface area contributed by atoms with Gasteiger partial charge in [-0.25, -0.2) is 0 Å². The van der Waals surface area contributed by atoms with Crippen molar-refractivity contribution in [3.63, 3.8) is 0 Å². The van der Waals surface area contributed by atoms with Crippen molar-refractivity contribution in [1.82, 2.24) is 0 Å². The molecule has 0 amide bonds. The van der Waals surface area contributed by atoms with Crippen molar-refractivity contribution in [1.29, 1.82) is 0 Å². The molecule has 1 aromatic rings. The predicted molar refractivity (Wildman–Crippen MR) is 121 cm³/mol. The molecule has 1 aromatic carbocycles. The number of Topliss-reactive ketones (excluding diaryl/α,β-unsaturated/α-hetero) is 1. The van der Waals surface area contributed by atoms with Crippen molar-refractivity contribution in [3.8, 4) is 0 Å². The molecule has 0 aromatic heterocycles. The molecule has 0 bridgehead atoms. The number of hydrogen-bond acceptors (Lipinski definition) is 4. The van der Waals surface area contributed by atoms with Crippen molar-refractivity contribution in [2.45, 2.75) is 66.2 Å². The SMILES string of the molecule is CCC1=C(OC)C(CC)(CC)C(=O)C(C(=O)/C=C/c2ccc(C(C)(C)C)cc2)=C1O. The van der Waals surface area contributed by atoms with Gasteiger partial charge in [0.25, 0.3) is 0 Å². The minimum absolute atomic E-state index is 0.0504. The number of carbonyl (C=O) groups is 2. The highest BCUT2D eigenvalue weighted by Gasteiger charge is 2.49. The van der Waals surface area contributed by atoms with Crippen LogP contribution in [0.25, 0.3) is 6.08 Å². The largest absolute Gasteiger partial charge is 0.507 e. The fourth-order valence-corrected chi connectivity index (χ4v) is 4.11. The number of carbonyl (C=O) groups excluding carboxylic acids is 2. The van der Waals surface area contributed by atoms with E-state index in [1.165, 1.54) is 18.7 Å². The molecule has 30 heavy (non-hydrogen) atoms. The van der Waals surface area contributed by atoms with Gasteiger partial charge in [-0.2, -0.15) is 0 Å². The van der Waals surface area contributed by atoms with Crippen LogP contribution in [0.3, 0.4) is 0 Å². The molecule has 0 atom stereocenters. The molecule has 0 saturated carbocycles. The monoisotopic (exact) mass is 410 g/mol. The van der Waals surface area contributed by atoms with Crippen LogP contribution in [-0.4, -0.2) is 23.8 Å². The zero-order valence-corrected chi connectivity index (χ0v) is 19.3. The second-order valence-corrected chi connectivity index (χ2v) is 8.78. The van der Waals surface area contributed by atoms with Crippen LogP contribution in [-0.2, 0) is 19.7 Å². The number of ketones is 2. The van der Waals surface area contributed by atoms with E-state index >= 15 is 0 Å². The van der Waals surface area contributed by atoms with E-state index in [1.807, 2.05) is 45.0 Å². The summed E-state index contributed by atoms with van der Waals surface area (Å²) in [6.07, 6.45) is 4.52. The molecule has 2 rings (SSSR count). The quantitative estimate of drug-likeness (QED) is 0.437. The van der Waals surface area contributed by atoms with Gasteiger partial charge >= 0.3 is 0 Å². The molecule has 0 fully saturated rings. The molecule has 4 nitrogen and oxygen atoms in total. The lowest BCUT2D eigenvalue weighted by Crippen LogP contribution is -2.40. The molecule has 0 radical (unpaired) electrons. The summed E-state index contributed by atoms with van der Waals surface area (Å²) in [7, 11) is 1.51. The van der Waals surface area contributed by atoms with Gasteiger partial charge in [0.2, 0.25) is 0 Å². The standard InChI is InChI=1S/C26H34O4/c1-8-19-22(28)21(23(29)26(9-2,10-3)24(19)30-7)20(27)16-13-17-11-14-18(15-12-17)25(4,5)6/h11-16,28H,8-10H2,1-7H3/b16-13+. The summed E-state index contributed by atoms with van der Waals surface area (Å²) in [4.78, 5) is 26.4. The lowest BCUT2D eigenvalue weighted by atomic mass is 9.68. The average Bonchev–Trinajstić information content (AvgIpc) is 2.72. The van der Waals surface area contributed by atoms with E-state index in [0.717, 1.165) is 5.56 Å². The first-order valence-electron chi connectivity index (χ1n) is 10.7. The Hall–Kier alpha value is -2.62. The molecule has 162 valence electrons. The Labute approximate surface area is 180 Å². The normalized spacial score (nSPS) is 17.1. The summed E-state index contributed by atoms with van der Waals surface area (Å²) < 4.78 is 5.56. The van der Waals surface area contributed by atoms with Crippen LogP contribution in [0, 0.1) is 5.41 Å². The fourth-order valence-electron chi connectivity index (χ4n) is 4.11. The smallest absolute Gasteiger partial charge is 0.193 e. The van der Waals surface area contributed by atoms with Crippen LogP contribution in [0.1, 0.15) is 71.9 Å². The number of aliphatic hydroxyl groups excluding tert-OH is 1. The van der Waals surface area contributed by atoms with Crippen molar-refractivity contribution < 1.29 is 19.4 Å². The summed E-state index contributed by atoms with van der Waals surface area (Å²) in [5, 5.41) is 10.8. The van der Waals surface area contributed by atoms with E-state index < -0.39 is 11.2 Å². The van der Waals surface area contributed by atoms with Gasteiger partial charge in [0.05, 0.1) is 12.5 Å². The maximum absolute atomic E-state index is 13.4. The van der Waals surface area contributed by atoms with E-state index in [1.54, 1.807) is 6.08 Å². The summed E-state index contributed by atoms with van der Waals surface area (Å²) in [6, 6.07) is 7.97. The van der Waals surface area contributed by atoms with E-state index in [-0.39, 0.29) is 22.5 Å². The van der Waals surface area contributed by atoms with E-state index in [2.05, 4.69) is 20.8 Å². The second-order valence-electron chi connectivity index (χ2n) is 8.78. The maximum atomic E-state index is 13.4. The highest BCUT2D eigenvalue weighted by atomic mass is 16.5. The van der Waals surface area contributed by atoms with Gasteiger partial charge in [-0.1, -0.05) is 71.9 Å². The Morgan fingerprint density at radius 2 is 1.67 bits per heavy atom. The number of aliphatic hydroxyl groups is 1. The Morgan fingerprint density at radius 3 is 2.10 bits per heavy atom. The van der Waals surface area contributed by atoms with Crippen LogP contribution >= 0.6 is 0 Å². The lowest BCUT2D eigenvalue weighted by molar-refractivity contribution is -0.128. The van der Waals surface area contributed by atoms with Gasteiger partial charge in [0.1, 0.15) is 17.1 Å². The van der Waals surface area contributed by atoms with Crippen molar-refractivity contribution in [2.24, 2.45) is 5.41 Å². The Kier molecular flexibility index (Phi) is 7.12. The molecule has 0 unspecified atom stereocenters.